The highest BCUT2D eigenvalue weighted by molar-refractivity contribution is 9.10. The highest BCUT2D eigenvalue weighted by Gasteiger charge is 2.14. The minimum absolute atomic E-state index is 0.0942. The zero-order valence-electron chi connectivity index (χ0n) is 16.6. The summed E-state index contributed by atoms with van der Waals surface area (Å²) in [6, 6.07) is 20.8. The number of hydrogen-bond donors (Lipinski definition) is 1. The Labute approximate surface area is 195 Å². The molecule has 8 heteroatoms. The van der Waals surface area contributed by atoms with Gasteiger partial charge in [-0.05, 0) is 35.0 Å². The Hall–Kier alpha value is -3.23. The number of anilines is 1. The SMILES string of the molecule is O=C(CSc1nccn2nc(-c3cccc4ccccc34)cc12)Nc1ccc(Br)cc1F. The molecule has 0 fully saturated rings. The lowest BCUT2D eigenvalue weighted by Gasteiger charge is -2.07. The standard InChI is InChI=1S/C24H16BrFN4OS/c25-16-8-9-20(19(26)12-16)28-23(31)14-32-24-22-13-21(29-30(22)11-10-27-24)18-7-3-5-15-4-1-2-6-17(15)18/h1-13H,14H2,(H,28,31). The number of fused-ring (bicyclic) bond motifs is 2. The van der Waals surface area contributed by atoms with Gasteiger partial charge in [0.2, 0.25) is 5.91 Å². The molecule has 5 rings (SSSR count). The van der Waals surface area contributed by atoms with Crippen LogP contribution >= 0.6 is 27.7 Å². The van der Waals surface area contributed by atoms with E-state index in [9.17, 15) is 9.18 Å². The third kappa shape index (κ3) is 4.11. The van der Waals surface area contributed by atoms with Crippen LogP contribution in [-0.4, -0.2) is 26.3 Å². The van der Waals surface area contributed by atoms with Gasteiger partial charge in [-0.1, -0.05) is 70.2 Å². The quantitative estimate of drug-likeness (QED) is 0.289. The van der Waals surface area contributed by atoms with Crippen molar-refractivity contribution >= 4 is 55.6 Å². The predicted molar refractivity (Wildman–Crippen MR) is 129 cm³/mol. The molecule has 0 bridgehead atoms. The van der Waals surface area contributed by atoms with Crippen molar-refractivity contribution in [1.82, 2.24) is 14.6 Å². The summed E-state index contributed by atoms with van der Waals surface area (Å²) in [6.07, 6.45) is 3.44. The van der Waals surface area contributed by atoms with Gasteiger partial charge >= 0.3 is 0 Å². The molecule has 1 N–H and O–H groups in total. The molecule has 0 radical (unpaired) electrons. The first-order valence-corrected chi connectivity index (χ1v) is 11.6. The van der Waals surface area contributed by atoms with Crippen LogP contribution in [0.2, 0.25) is 0 Å². The third-order valence-corrected chi connectivity index (χ3v) is 6.45. The van der Waals surface area contributed by atoms with Gasteiger partial charge in [-0.15, -0.1) is 0 Å². The first-order chi connectivity index (χ1) is 15.6. The van der Waals surface area contributed by atoms with Crippen molar-refractivity contribution < 1.29 is 9.18 Å². The van der Waals surface area contributed by atoms with Crippen LogP contribution < -0.4 is 5.32 Å². The van der Waals surface area contributed by atoms with E-state index in [1.165, 1.54) is 23.9 Å². The molecule has 0 aliphatic carbocycles. The maximum atomic E-state index is 14.0. The number of carbonyl (C=O) groups excluding carboxylic acids is 1. The van der Waals surface area contributed by atoms with E-state index in [2.05, 4.69) is 44.4 Å². The number of aromatic nitrogens is 3. The molecule has 0 saturated heterocycles. The number of carbonyl (C=O) groups is 1. The normalized spacial score (nSPS) is 11.2. The summed E-state index contributed by atoms with van der Waals surface area (Å²) in [5, 5.41) is 10.3. The molecule has 0 saturated carbocycles. The fraction of sp³-hybridized carbons (Fsp3) is 0.0417. The van der Waals surface area contributed by atoms with Crippen LogP contribution in [0.15, 0.2) is 88.6 Å². The third-order valence-electron chi connectivity index (χ3n) is 4.97. The summed E-state index contributed by atoms with van der Waals surface area (Å²) >= 11 is 4.49. The molecule has 32 heavy (non-hydrogen) atoms. The van der Waals surface area contributed by atoms with Gasteiger partial charge in [0.1, 0.15) is 10.8 Å². The maximum absolute atomic E-state index is 14.0. The van der Waals surface area contributed by atoms with E-state index in [4.69, 9.17) is 5.10 Å². The van der Waals surface area contributed by atoms with Crippen LogP contribution in [0.1, 0.15) is 0 Å². The van der Waals surface area contributed by atoms with Gasteiger partial charge in [-0.2, -0.15) is 5.10 Å². The molecule has 1 amide bonds. The zero-order chi connectivity index (χ0) is 22.1. The number of amides is 1. The Bertz CT molecular complexity index is 1460. The molecule has 0 aliphatic rings. The molecule has 5 aromatic rings. The number of benzene rings is 3. The fourth-order valence-electron chi connectivity index (χ4n) is 3.50. The lowest BCUT2D eigenvalue weighted by atomic mass is 10.0. The van der Waals surface area contributed by atoms with Gasteiger partial charge in [-0.3, -0.25) is 4.79 Å². The zero-order valence-corrected chi connectivity index (χ0v) is 19.0. The van der Waals surface area contributed by atoms with Crippen LogP contribution in [-0.2, 0) is 4.79 Å². The van der Waals surface area contributed by atoms with Gasteiger partial charge in [0.25, 0.3) is 0 Å². The van der Waals surface area contributed by atoms with E-state index in [1.807, 2.05) is 30.3 Å². The summed E-state index contributed by atoms with van der Waals surface area (Å²) in [5.41, 5.74) is 2.82. The van der Waals surface area contributed by atoms with Crippen LogP contribution in [0.3, 0.4) is 0 Å². The lowest BCUT2D eigenvalue weighted by molar-refractivity contribution is -0.113. The molecule has 0 spiro atoms. The monoisotopic (exact) mass is 506 g/mol. The minimum Gasteiger partial charge on any atom is -0.323 e. The molecule has 0 atom stereocenters. The van der Waals surface area contributed by atoms with Gasteiger partial charge in [0.05, 0.1) is 22.7 Å². The van der Waals surface area contributed by atoms with E-state index in [0.29, 0.717) is 9.50 Å². The van der Waals surface area contributed by atoms with Crippen molar-refractivity contribution in [1.29, 1.82) is 0 Å². The molecule has 2 aromatic heterocycles. The fourth-order valence-corrected chi connectivity index (χ4v) is 4.61. The second-order valence-electron chi connectivity index (χ2n) is 7.08. The van der Waals surface area contributed by atoms with Gasteiger partial charge in [-0.25, -0.2) is 13.9 Å². The maximum Gasteiger partial charge on any atom is 0.234 e. The van der Waals surface area contributed by atoms with E-state index in [1.54, 1.807) is 23.0 Å². The molecule has 2 heterocycles. The smallest absolute Gasteiger partial charge is 0.234 e. The Morgan fingerprint density at radius 2 is 1.94 bits per heavy atom. The molecule has 158 valence electrons. The Morgan fingerprint density at radius 1 is 1.09 bits per heavy atom. The van der Waals surface area contributed by atoms with Crippen LogP contribution in [0.4, 0.5) is 10.1 Å². The Morgan fingerprint density at radius 3 is 2.81 bits per heavy atom. The van der Waals surface area contributed by atoms with Crippen molar-refractivity contribution in [3.8, 4) is 11.3 Å². The highest BCUT2D eigenvalue weighted by atomic mass is 79.9. The lowest BCUT2D eigenvalue weighted by Crippen LogP contribution is -2.15. The topological polar surface area (TPSA) is 59.3 Å². The van der Waals surface area contributed by atoms with Gasteiger partial charge in [0.15, 0.2) is 0 Å². The van der Waals surface area contributed by atoms with Gasteiger partial charge in [0, 0.05) is 22.4 Å². The van der Waals surface area contributed by atoms with E-state index < -0.39 is 5.82 Å². The van der Waals surface area contributed by atoms with Crippen molar-refractivity contribution in [2.45, 2.75) is 5.03 Å². The van der Waals surface area contributed by atoms with Crippen LogP contribution in [0, 0.1) is 5.82 Å². The average molecular weight is 507 g/mol. The summed E-state index contributed by atoms with van der Waals surface area (Å²) in [5.74, 6) is -0.709. The number of halogens is 2. The summed E-state index contributed by atoms with van der Waals surface area (Å²) in [7, 11) is 0. The first kappa shape index (κ1) is 20.7. The molecule has 0 aliphatic heterocycles. The highest BCUT2D eigenvalue weighted by Crippen LogP contribution is 2.30. The molecule has 3 aromatic carbocycles. The largest absolute Gasteiger partial charge is 0.323 e. The second-order valence-corrected chi connectivity index (χ2v) is 8.96. The van der Waals surface area contributed by atoms with Crippen LogP contribution in [0.25, 0.3) is 27.5 Å². The number of nitrogens with zero attached hydrogens (tertiary/aromatic N) is 3. The van der Waals surface area contributed by atoms with Crippen molar-refractivity contribution in [3.63, 3.8) is 0 Å². The van der Waals surface area contributed by atoms with Gasteiger partial charge < -0.3 is 5.32 Å². The predicted octanol–water partition coefficient (Wildman–Crippen LogP) is 6.18. The number of thioether (sulfide) groups is 1. The molecular formula is C24H16BrFN4OS. The second kappa shape index (κ2) is 8.72. The molecule has 5 nitrogen and oxygen atoms in total. The molecular weight excluding hydrogens is 491 g/mol. The molecule has 0 unspecified atom stereocenters. The van der Waals surface area contributed by atoms with Crippen molar-refractivity contribution in [2.24, 2.45) is 0 Å². The van der Waals surface area contributed by atoms with E-state index >= 15 is 0 Å². The number of hydrogen-bond acceptors (Lipinski definition) is 4. The number of nitrogens with one attached hydrogen (secondary N) is 1. The minimum atomic E-state index is -0.492. The van der Waals surface area contributed by atoms with Crippen molar-refractivity contribution in [2.75, 3.05) is 11.1 Å². The van der Waals surface area contributed by atoms with E-state index in [0.717, 1.165) is 27.5 Å². The number of rotatable bonds is 5. The van der Waals surface area contributed by atoms with Crippen molar-refractivity contribution in [3.05, 3.63) is 89.4 Å². The Balaban J connectivity index is 1.39. The average Bonchev–Trinajstić information content (AvgIpc) is 3.24. The van der Waals surface area contributed by atoms with Crippen LogP contribution in [0.5, 0.6) is 0 Å². The van der Waals surface area contributed by atoms with E-state index in [-0.39, 0.29) is 17.3 Å². The Kier molecular flexibility index (Phi) is 5.63. The summed E-state index contributed by atoms with van der Waals surface area (Å²) in [6.45, 7) is 0. The summed E-state index contributed by atoms with van der Waals surface area (Å²) < 4.78 is 16.4. The first-order valence-electron chi connectivity index (χ1n) is 9.79. The summed E-state index contributed by atoms with van der Waals surface area (Å²) in [4.78, 5) is 16.8.